The molecule has 0 aliphatic carbocycles. The zero-order valence-corrected chi connectivity index (χ0v) is 21.5. The van der Waals surface area contributed by atoms with Crippen molar-refractivity contribution >= 4 is 17.8 Å². The van der Waals surface area contributed by atoms with E-state index in [2.05, 4.69) is 10.6 Å². The maximum atomic E-state index is 14.6. The third kappa shape index (κ3) is 8.70. The minimum absolute atomic E-state index is 0.00945. The molecule has 0 bridgehead atoms. The first-order chi connectivity index (χ1) is 16.2. The van der Waals surface area contributed by atoms with Crippen molar-refractivity contribution in [2.75, 3.05) is 13.7 Å². The number of rotatable bonds is 8. The number of alkyl carbamates (subject to hydrolysis) is 1. The van der Waals surface area contributed by atoms with Gasteiger partial charge in [0.05, 0.1) is 13.7 Å². The van der Waals surface area contributed by atoms with Crippen LogP contribution in [0.5, 0.6) is 5.75 Å². The lowest BCUT2D eigenvalue weighted by atomic mass is 9.84. The van der Waals surface area contributed by atoms with E-state index in [1.54, 1.807) is 57.2 Å². The quantitative estimate of drug-likeness (QED) is 0.560. The molecule has 2 rings (SSSR count). The average molecular weight is 487 g/mol. The molecule has 2 amide bonds. The summed E-state index contributed by atoms with van der Waals surface area (Å²) in [4.78, 5) is 38.7. The molecule has 0 radical (unpaired) electrons. The minimum Gasteiger partial charge on any atom is -0.497 e. The van der Waals surface area contributed by atoms with Gasteiger partial charge in [0.25, 0.3) is 5.91 Å². The van der Waals surface area contributed by atoms with Gasteiger partial charge in [0.1, 0.15) is 17.2 Å². The molecule has 2 aromatic carbocycles. The first-order valence-corrected chi connectivity index (χ1v) is 11.4. The van der Waals surface area contributed by atoms with Crippen LogP contribution in [0, 0.1) is 5.82 Å². The van der Waals surface area contributed by atoms with Crippen molar-refractivity contribution in [2.24, 2.45) is 0 Å². The summed E-state index contributed by atoms with van der Waals surface area (Å²) in [5.74, 6) is -1.73. The lowest BCUT2D eigenvalue weighted by Gasteiger charge is -2.25. The molecule has 0 spiro atoms. The van der Waals surface area contributed by atoms with Gasteiger partial charge in [-0.2, -0.15) is 0 Å². The smallest absolute Gasteiger partial charge is 0.408 e. The predicted molar refractivity (Wildman–Crippen MR) is 132 cm³/mol. The standard InChI is InChI=1S/C27H35FN2O5/c1-26(2,3)30-24(32)19-13-12-18(34-7)15-20(19)21(14-17-10-8-9-11-22(17)28)23(31)16-29-25(33)35-27(4,5)6/h8-13,15,21H,14,16H2,1-7H3,(H,29,33)(H,30,32)/t21-/m1/s1. The van der Waals surface area contributed by atoms with Gasteiger partial charge in [-0.3, -0.25) is 9.59 Å². The number of benzene rings is 2. The Balaban J connectivity index is 2.49. The molecule has 0 saturated heterocycles. The Morgan fingerprint density at radius 3 is 2.23 bits per heavy atom. The van der Waals surface area contributed by atoms with Crippen molar-refractivity contribution in [3.05, 3.63) is 65.0 Å². The van der Waals surface area contributed by atoms with Crippen LogP contribution in [-0.4, -0.2) is 42.6 Å². The lowest BCUT2D eigenvalue weighted by Crippen LogP contribution is -2.41. The molecule has 1 atom stereocenters. The van der Waals surface area contributed by atoms with Crippen LogP contribution in [-0.2, 0) is 16.0 Å². The Kier molecular flexibility index (Phi) is 9.01. The first-order valence-electron chi connectivity index (χ1n) is 11.4. The molecule has 190 valence electrons. The molecule has 0 unspecified atom stereocenters. The largest absolute Gasteiger partial charge is 0.497 e. The van der Waals surface area contributed by atoms with Crippen molar-refractivity contribution < 1.29 is 28.2 Å². The predicted octanol–water partition coefficient (Wildman–Crippen LogP) is 4.78. The molecular weight excluding hydrogens is 451 g/mol. The fourth-order valence-electron chi connectivity index (χ4n) is 3.45. The van der Waals surface area contributed by atoms with E-state index in [-0.39, 0.29) is 24.4 Å². The van der Waals surface area contributed by atoms with Gasteiger partial charge in [0.15, 0.2) is 5.78 Å². The van der Waals surface area contributed by atoms with Gasteiger partial charge in [-0.05, 0) is 83.4 Å². The number of Topliss-reactive ketones (excluding diaryl/α,β-unsaturated/α-hetero) is 1. The van der Waals surface area contributed by atoms with E-state index < -0.39 is 34.8 Å². The number of amides is 2. The van der Waals surface area contributed by atoms with E-state index in [1.165, 1.54) is 13.2 Å². The Hall–Kier alpha value is -3.42. The first kappa shape index (κ1) is 27.8. The van der Waals surface area contributed by atoms with Crippen LogP contribution in [0.15, 0.2) is 42.5 Å². The third-order valence-electron chi connectivity index (χ3n) is 4.94. The summed E-state index contributed by atoms with van der Waals surface area (Å²) in [6, 6.07) is 11.0. The van der Waals surface area contributed by atoms with Gasteiger partial charge in [0, 0.05) is 17.0 Å². The van der Waals surface area contributed by atoms with E-state index in [9.17, 15) is 18.8 Å². The number of carbonyl (C=O) groups is 3. The Morgan fingerprint density at radius 2 is 1.66 bits per heavy atom. The summed E-state index contributed by atoms with van der Waals surface area (Å²) in [5.41, 5.74) is -0.284. The summed E-state index contributed by atoms with van der Waals surface area (Å²) in [6.07, 6.45) is -0.753. The maximum Gasteiger partial charge on any atom is 0.408 e. The van der Waals surface area contributed by atoms with Crippen molar-refractivity contribution in [2.45, 2.75) is 65.0 Å². The van der Waals surface area contributed by atoms with Crippen LogP contribution in [0.3, 0.4) is 0 Å². The number of carbonyl (C=O) groups excluding carboxylic acids is 3. The number of halogens is 1. The number of hydrogen-bond donors (Lipinski definition) is 2. The second-order valence-electron chi connectivity index (χ2n) is 10.3. The topological polar surface area (TPSA) is 93.7 Å². The molecule has 0 aliphatic rings. The molecule has 0 fully saturated rings. The highest BCUT2D eigenvalue weighted by atomic mass is 19.1. The van der Waals surface area contributed by atoms with Crippen LogP contribution in [0.1, 0.15) is 68.9 Å². The maximum absolute atomic E-state index is 14.6. The molecule has 0 aliphatic heterocycles. The highest BCUT2D eigenvalue weighted by Crippen LogP contribution is 2.30. The Bertz CT molecular complexity index is 1070. The minimum atomic E-state index is -0.933. The normalized spacial score (nSPS) is 12.5. The zero-order valence-electron chi connectivity index (χ0n) is 21.5. The fourth-order valence-corrected chi connectivity index (χ4v) is 3.45. The summed E-state index contributed by atoms with van der Waals surface area (Å²) in [7, 11) is 1.48. The number of methoxy groups -OCH3 is 1. The van der Waals surface area contributed by atoms with E-state index in [1.807, 2.05) is 20.8 Å². The molecule has 35 heavy (non-hydrogen) atoms. The molecular formula is C27H35FN2O5. The number of hydrogen-bond acceptors (Lipinski definition) is 5. The zero-order chi connectivity index (χ0) is 26.4. The molecule has 8 heteroatoms. The van der Waals surface area contributed by atoms with Crippen molar-refractivity contribution in [1.82, 2.24) is 10.6 Å². The lowest BCUT2D eigenvalue weighted by molar-refractivity contribution is -0.119. The van der Waals surface area contributed by atoms with Gasteiger partial charge in [0.2, 0.25) is 0 Å². The van der Waals surface area contributed by atoms with Gasteiger partial charge in [-0.1, -0.05) is 18.2 Å². The molecule has 2 aromatic rings. The molecule has 7 nitrogen and oxygen atoms in total. The van der Waals surface area contributed by atoms with E-state index >= 15 is 0 Å². The van der Waals surface area contributed by atoms with Gasteiger partial charge >= 0.3 is 6.09 Å². The molecule has 0 aromatic heterocycles. The summed E-state index contributed by atoms with van der Waals surface area (Å²) in [5, 5.41) is 5.37. The highest BCUT2D eigenvalue weighted by molar-refractivity contribution is 5.99. The molecule has 0 saturated carbocycles. The molecule has 0 heterocycles. The van der Waals surface area contributed by atoms with Crippen molar-refractivity contribution in [3.63, 3.8) is 0 Å². The van der Waals surface area contributed by atoms with Crippen molar-refractivity contribution in [3.8, 4) is 5.75 Å². The van der Waals surface area contributed by atoms with Crippen LogP contribution >= 0.6 is 0 Å². The fraction of sp³-hybridized carbons (Fsp3) is 0.444. The van der Waals surface area contributed by atoms with Crippen LogP contribution in [0.4, 0.5) is 9.18 Å². The molecule has 2 N–H and O–H groups in total. The summed E-state index contributed by atoms with van der Waals surface area (Å²) < 4.78 is 25.1. The second-order valence-corrected chi connectivity index (χ2v) is 10.3. The van der Waals surface area contributed by atoms with Gasteiger partial charge < -0.3 is 20.1 Å². The third-order valence-corrected chi connectivity index (χ3v) is 4.94. The highest BCUT2D eigenvalue weighted by Gasteiger charge is 2.29. The van der Waals surface area contributed by atoms with E-state index in [0.717, 1.165) is 0 Å². The van der Waals surface area contributed by atoms with E-state index in [0.29, 0.717) is 16.9 Å². The van der Waals surface area contributed by atoms with Crippen LogP contribution in [0.2, 0.25) is 0 Å². The monoisotopic (exact) mass is 486 g/mol. The van der Waals surface area contributed by atoms with Gasteiger partial charge in [-0.25, -0.2) is 9.18 Å². The Labute approximate surface area is 206 Å². The number of ether oxygens (including phenoxy) is 2. The summed E-state index contributed by atoms with van der Waals surface area (Å²) >= 11 is 0. The SMILES string of the molecule is COc1ccc(C(=O)NC(C)(C)C)c([C@@H](Cc2ccccc2F)C(=O)CNC(=O)OC(C)(C)C)c1. The van der Waals surface area contributed by atoms with Crippen LogP contribution in [0.25, 0.3) is 0 Å². The number of ketones is 1. The second kappa shape index (κ2) is 11.3. The van der Waals surface area contributed by atoms with Crippen molar-refractivity contribution in [1.29, 1.82) is 0 Å². The Morgan fingerprint density at radius 1 is 1.00 bits per heavy atom. The summed E-state index contributed by atoms with van der Waals surface area (Å²) in [6.45, 7) is 10.3. The van der Waals surface area contributed by atoms with Gasteiger partial charge in [-0.15, -0.1) is 0 Å². The average Bonchev–Trinajstić information content (AvgIpc) is 2.74. The van der Waals surface area contributed by atoms with E-state index in [4.69, 9.17) is 9.47 Å². The van der Waals surface area contributed by atoms with Crippen LogP contribution < -0.4 is 15.4 Å². The number of nitrogens with one attached hydrogen (secondary N) is 2.